The first-order valence-corrected chi connectivity index (χ1v) is 7.62. The van der Waals surface area contributed by atoms with Gasteiger partial charge in [0.2, 0.25) is 0 Å². The number of hydrogen-bond donors (Lipinski definition) is 1. The van der Waals surface area contributed by atoms with Crippen LogP contribution in [-0.2, 0) is 0 Å². The van der Waals surface area contributed by atoms with Gasteiger partial charge in [-0.2, -0.15) is 0 Å². The predicted octanol–water partition coefficient (Wildman–Crippen LogP) is 2.41. The van der Waals surface area contributed by atoms with Crippen molar-refractivity contribution in [1.29, 1.82) is 0 Å². The molecule has 0 aromatic carbocycles. The largest absolute Gasteiger partial charge is 0.381 e. The summed E-state index contributed by atoms with van der Waals surface area (Å²) in [5.41, 5.74) is 1.09. The number of likely N-dealkylation sites (tertiary alicyclic amines) is 1. The molecule has 21 heavy (non-hydrogen) atoms. The highest BCUT2D eigenvalue weighted by Crippen LogP contribution is 2.22. The molecule has 0 amide bonds. The predicted molar refractivity (Wildman–Crippen MR) is 84.7 cm³/mol. The molecule has 0 spiro atoms. The third kappa shape index (κ3) is 3.42. The molecular formula is C16H23N5. The van der Waals surface area contributed by atoms with E-state index in [0.29, 0.717) is 6.04 Å². The van der Waals surface area contributed by atoms with Crippen molar-refractivity contribution in [2.45, 2.75) is 25.8 Å². The lowest BCUT2D eigenvalue weighted by Gasteiger charge is -2.33. The minimum Gasteiger partial charge on any atom is -0.381 e. The van der Waals surface area contributed by atoms with Crippen LogP contribution in [0.3, 0.4) is 0 Å². The molecule has 0 saturated carbocycles. The van der Waals surface area contributed by atoms with E-state index in [-0.39, 0.29) is 0 Å². The second-order valence-electron chi connectivity index (χ2n) is 5.95. The zero-order valence-electron chi connectivity index (χ0n) is 12.7. The molecule has 2 aromatic rings. The van der Waals surface area contributed by atoms with Crippen LogP contribution in [0.15, 0.2) is 37.1 Å². The van der Waals surface area contributed by atoms with Gasteiger partial charge < -0.3 is 10.2 Å². The lowest BCUT2D eigenvalue weighted by Crippen LogP contribution is -2.37. The van der Waals surface area contributed by atoms with Gasteiger partial charge in [-0.1, -0.05) is 0 Å². The van der Waals surface area contributed by atoms with Crippen molar-refractivity contribution >= 4 is 5.69 Å². The van der Waals surface area contributed by atoms with Crippen molar-refractivity contribution in [3.05, 3.63) is 37.1 Å². The maximum Gasteiger partial charge on any atom is 0.137 e. The second-order valence-corrected chi connectivity index (χ2v) is 5.95. The average molecular weight is 285 g/mol. The number of nitrogens with zero attached hydrogens (tertiary/aromatic N) is 4. The Morgan fingerprint density at radius 1 is 1.29 bits per heavy atom. The zero-order chi connectivity index (χ0) is 14.7. The summed E-state index contributed by atoms with van der Waals surface area (Å²) in [6, 6.07) is 4.60. The van der Waals surface area contributed by atoms with E-state index in [9.17, 15) is 0 Å². The SMILES string of the molecule is CC(Nc1ccc(-n2ccnc2)nc1)C1CCN(C)CC1. The summed E-state index contributed by atoms with van der Waals surface area (Å²) >= 11 is 0. The molecule has 112 valence electrons. The molecule has 1 aliphatic heterocycles. The Morgan fingerprint density at radius 3 is 2.71 bits per heavy atom. The molecule has 3 rings (SSSR count). The van der Waals surface area contributed by atoms with E-state index in [1.165, 1.54) is 25.9 Å². The van der Waals surface area contributed by atoms with E-state index in [1.807, 2.05) is 23.0 Å². The first-order chi connectivity index (χ1) is 10.2. The number of anilines is 1. The summed E-state index contributed by atoms with van der Waals surface area (Å²) in [6.07, 6.45) is 9.86. The lowest BCUT2D eigenvalue weighted by molar-refractivity contribution is 0.208. The molecule has 5 heteroatoms. The van der Waals surface area contributed by atoms with Gasteiger partial charge in [0.25, 0.3) is 0 Å². The van der Waals surface area contributed by atoms with E-state index in [4.69, 9.17) is 0 Å². The van der Waals surface area contributed by atoms with E-state index < -0.39 is 0 Å². The fraction of sp³-hybridized carbons (Fsp3) is 0.500. The molecule has 0 aliphatic carbocycles. The third-order valence-electron chi connectivity index (χ3n) is 4.38. The molecule has 1 saturated heterocycles. The Hall–Kier alpha value is -1.88. The first kappa shape index (κ1) is 14.1. The van der Waals surface area contributed by atoms with Crippen LogP contribution in [0.25, 0.3) is 5.82 Å². The molecule has 1 N–H and O–H groups in total. The maximum absolute atomic E-state index is 4.48. The van der Waals surface area contributed by atoms with E-state index in [2.05, 4.69) is 40.2 Å². The molecule has 1 atom stereocenters. The Labute approximate surface area is 126 Å². The standard InChI is InChI=1S/C16H23N5/c1-13(14-5-8-20(2)9-6-14)19-15-3-4-16(18-11-15)21-10-7-17-12-21/h3-4,7,10-14,19H,5-6,8-9H2,1-2H3. The Kier molecular flexibility index (Phi) is 4.20. The maximum atomic E-state index is 4.48. The van der Waals surface area contributed by atoms with E-state index in [0.717, 1.165) is 17.4 Å². The van der Waals surface area contributed by atoms with Crippen LogP contribution in [0.4, 0.5) is 5.69 Å². The fourth-order valence-corrected chi connectivity index (χ4v) is 2.93. The minimum absolute atomic E-state index is 0.486. The first-order valence-electron chi connectivity index (χ1n) is 7.62. The van der Waals surface area contributed by atoms with Gasteiger partial charge >= 0.3 is 0 Å². The van der Waals surface area contributed by atoms with Crippen LogP contribution in [-0.4, -0.2) is 45.6 Å². The van der Waals surface area contributed by atoms with Crippen molar-refractivity contribution in [1.82, 2.24) is 19.4 Å². The van der Waals surface area contributed by atoms with Crippen LogP contribution < -0.4 is 5.32 Å². The third-order valence-corrected chi connectivity index (χ3v) is 4.38. The van der Waals surface area contributed by atoms with Gasteiger partial charge in [-0.05, 0) is 58.0 Å². The molecule has 1 fully saturated rings. The van der Waals surface area contributed by atoms with Crippen LogP contribution in [0, 0.1) is 5.92 Å². The Bertz CT molecular complexity index is 541. The summed E-state index contributed by atoms with van der Waals surface area (Å²) in [6.45, 7) is 4.68. The highest BCUT2D eigenvalue weighted by molar-refractivity contribution is 5.44. The van der Waals surface area contributed by atoms with Crippen molar-refractivity contribution in [2.75, 3.05) is 25.5 Å². The number of hydrogen-bond acceptors (Lipinski definition) is 4. The van der Waals surface area contributed by atoms with Gasteiger partial charge in [-0.15, -0.1) is 0 Å². The molecule has 5 nitrogen and oxygen atoms in total. The molecule has 0 bridgehead atoms. The number of aromatic nitrogens is 3. The second kappa shape index (κ2) is 6.26. The summed E-state index contributed by atoms with van der Waals surface area (Å²) in [7, 11) is 2.20. The number of nitrogens with one attached hydrogen (secondary N) is 1. The van der Waals surface area contributed by atoms with Crippen LogP contribution >= 0.6 is 0 Å². The number of piperidine rings is 1. The van der Waals surface area contributed by atoms with Gasteiger partial charge in [-0.3, -0.25) is 4.57 Å². The quantitative estimate of drug-likeness (QED) is 0.937. The average Bonchev–Trinajstić information content (AvgIpc) is 3.03. The summed E-state index contributed by atoms with van der Waals surface area (Å²) in [4.78, 5) is 10.9. The zero-order valence-corrected chi connectivity index (χ0v) is 12.7. The van der Waals surface area contributed by atoms with Gasteiger partial charge in [-0.25, -0.2) is 9.97 Å². The monoisotopic (exact) mass is 285 g/mol. The van der Waals surface area contributed by atoms with E-state index >= 15 is 0 Å². The van der Waals surface area contributed by atoms with Crippen LogP contribution in [0.2, 0.25) is 0 Å². The van der Waals surface area contributed by atoms with Gasteiger partial charge in [0.1, 0.15) is 12.1 Å². The highest BCUT2D eigenvalue weighted by Gasteiger charge is 2.22. The molecule has 1 aliphatic rings. The molecule has 1 unspecified atom stereocenters. The summed E-state index contributed by atoms with van der Waals surface area (Å²) < 4.78 is 1.91. The smallest absolute Gasteiger partial charge is 0.137 e. The Morgan fingerprint density at radius 2 is 2.10 bits per heavy atom. The lowest BCUT2D eigenvalue weighted by atomic mass is 9.90. The van der Waals surface area contributed by atoms with Crippen LogP contribution in [0.5, 0.6) is 0 Å². The van der Waals surface area contributed by atoms with Crippen molar-refractivity contribution in [2.24, 2.45) is 5.92 Å². The molecular weight excluding hydrogens is 262 g/mol. The van der Waals surface area contributed by atoms with Gasteiger partial charge in [0.05, 0.1) is 11.9 Å². The van der Waals surface area contributed by atoms with Gasteiger partial charge in [0.15, 0.2) is 0 Å². The topological polar surface area (TPSA) is 46.0 Å². The Balaban J connectivity index is 1.60. The minimum atomic E-state index is 0.486. The van der Waals surface area contributed by atoms with Gasteiger partial charge in [0, 0.05) is 18.4 Å². The van der Waals surface area contributed by atoms with Crippen molar-refractivity contribution < 1.29 is 0 Å². The number of rotatable bonds is 4. The fourth-order valence-electron chi connectivity index (χ4n) is 2.93. The van der Waals surface area contributed by atoms with E-state index in [1.54, 1.807) is 12.5 Å². The normalized spacial score (nSPS) is 18.6. The highest BCUT2D eigenvalue weighted by atomic mass is 15.1. The number of pyridine rings is 1. The molecule has 0 radical (unpaired) electrons. The number of imidazole rings is 1. The van der Waals surface area contributed by atoms with Crippen LogP contribution in [0.1, 0.15) is 19.8 Å². The molecule has 2 aromatic heterocycles. The van der Waals surface area contributed by atoms with Crippen molar-refractivity contribution in [3.63, 3.8) is 0 Å². The van der Waals surface area contributed by atoms with Crippen molar-refractivity contribution in [3.8, 4) is 5.82 Å². The summed E-state index contributed by atoms with van der Waals surface area (Å²) in [5, 5.41) is 3.59. The molecule has 3 heterocycles. The summed E-state index contributed by atoms with van der Waals surface area (Å²) in [5.74, 6) is 1.64.